The molecule has 0 aliphatic heterocycles. The molecular weight excluding hydrogens is 356 g/mol. The molecule has 0 unspecified atom stereocenters. The number of benzene rings is 2. The zero-order valence-electron chi connectivity index (χ0n) is 16.2. The van der Waals surface area contributed by atoms with Gasteiger partial charge in [0, 0.05) is 12.6 Å². The molecule has 0 saturated heterocycles. The maximum Gasteiger partial charge on any atom is 0.355 e. The summed E-state index contributed by atoms with van der Waals surface area (Å²) in [5.74, 6) is -1.66. The van der Waals surface area contributed by atoms with Crippen molar-refractivity contribution in [1.82, 2.24) is 5.32 Å². The molecule has 0 aliphatic carbocycles. The van der Waals surface area contributed by atoms with E-state index in [1.807, 2.05) is 37.3 Å². The fourth-order valence-electron chi connectivity index (χ4n) is 2.40. The van der Waals surface area contributed by atoms with E-state index in [2.05, 4.69) is 10.6 Å². The number of hydrogen-bond donors (Lipinski definition) is 2. The summed E-state index contributed by atoms with van der Waals surface area (Å²) in [6, 6.07) is 16.5. The van der Waals surface area contributed by atoms with E-state index in [0.29, 0.717) is 5.69 Å². The summed E-state index contributed by atoms with van der Waals surface area (Å²) < 4.78 is 5.23. The molecule has 1 atom stereocenters. The zero-order chi connectivity index (χ0) is 20.5. The maximum atomic E-state index is 12.4. The molecule has 6 nitrogen and oxygen atoms in total. The van der Waals surface area contributed by atoms with Crippen molar-refractivity contribution in [3.05, 3.63) is 71.4 Å². The molecule has 2 aromatic rings. The van der Waals surface area contributed by atoms with Gasteiger partial charge in [-0.15, -0.1) is 0 Å². The van der Waals surface area contributed by atoms with Crippen molar-refractivity contribution in [2.45, 2.75) is 33.3 Å². The lowest BCUT2D eigenvalue weighted by atomic mass is 10.1. The van der Waals surface area contributed by atoms with E-state index in [1.54, 1.807) is 24.3 Å². The van der Waals surface area contributed by atoms with E-state index in [1.165, 1.54) is 19.9 Å². The lowest BCUT2D eigenvalue weighted by Crippen LogP contribution is -2.33. The molecule has 0 aliphatic rings. The molecule has 0 spiro atoms. The number of nitrogens with one attached hydrogen (secondary N) is 2. The highest BCUT2D eigenvalue weighted by molar-refractivity contribution is 6.00. The third-order valence-corrected chi connectivity index (χ3v) is 3.92. The van der Waals surface area contributed by atoms with Crippen LogP contribution in [0.1, 0.15) is 31.9 Å². The van der Waals surface area contributed by atoms with Crippen molar-refractivity contribution in [3.8, 4) is 0 Å². The van der Waals surface area contributed by atoms with Crippen molar-refractivity contribution in [1.29, 1.82) is 0 Å². The van der Waals surface area contributed by atoms with Crippen LogP contribution in [0.25, 0.3) is 6.08 Å². The van der Waals surface area contributed by atoms with Crippen LogP contribution in [0.3, 0.4) is 0 Å². The van der Waals surface area contributed by atoms with Crippen LogP contribution in [0.4, 0.5) is 5.69 Å². The molecule has 2 rings (SSSR count). The van der Waals surface area contributed by atoms with Gasteiger partial charge >= 0.3 is 5.97 Å². The zero-order valence-corrected chi connectivity index (χ0v) is 16.2. The summed E-state index contributed by atoms with van der Waals surface area (Å²) in [5, 5.41) is 5.16. The van der Waals surface area contributed by atoms with E-state index in [-0.39, 0.29) is 5.70 Å². The fraction of sp³-hybridized carbons (Fsp3) is 0.227. The largest absolute Gasteiger partial charge is 0.448 e. The van der Waals surface area contributed by atoms with E-state index in [9.17, 15) is 14.4 Å². The second kappa shape index (κ2) is 10.1. The molecule has 6 heteroatoms. The van der Waals surface area contributed by atoms with Crippen LogP contribution in [0.5, 0.6) is 0 Å². The Labute approximate surface area is 164 Å². The standard InChI is InChI=1S/C22H24N2O4/c1-4-17-10-12-19(13-11-17)24-21(26)15(2)28-22(27)20(23-16(3)25)14-18-8-6-5-7-9-18/h5-15H,4H2,1-3H3,(H,23,25)(H,24,26)/b20-14-/t15-/m0/s1. The average Bonchev–Trinajstić information content (AvgIpc) is 2.68. The van der Waals surface area contributed by atoms with Crippen molar-refractivity contribution < 1.29 is 19.1 Å². The summed E-state index contributed by atoms with van der Waals surface area (Å²) >= 11 is 0. The van der Waals surface area contributed by atoms with E-state index >= 15 is 0 Å². The van der Waals surface area contributed by atoms with Gasteiger partial charge in [-0.05, 0) is 42.7 Å². The maximum absolute atomic E-state index is 12.4. The van der Waals surface area contributed by atoms with Gasteiger partial charge in [0.05, 0.1) is 0 Å². The summed E-state index contributed by atoms with van der Waals surface area (Å²) in [4.78, 5) is 36.2. The molecule has 28 heavy (non-hydrogen) atoms. The predicted octanol–water partition coefficient (Wildman–Crippen LogP) is 3.30. The first-order valence-corrected chi connectivity index (χ1v) is 9.04. The summed E-state index contributed by atoms with van der Waals surface area (Å²) in [7, 11) is 0. The van der Waals surface area contributed by atoms with Crippen molar-refractivity contribution in [3.63, 3.8) is 0 Å². The molecule has 0 fully saturated rings. The highest BCUT2D eigenvalue weighted by Gasteiger charge is 2.21. The van der Waals surface area contributed by atoms with Crippen molar-refractivity contribution in [2.75, 3.05) is 5.32 Å². The summed E-state index contributed by atoms with van der Waals surface area (Å²) in [5.41, 5.74) is 2.46. The smallest absolute Gasteiger partial charge is 0.355 e. The minimum Gasteiger partial charge on any atom is -0.448 e. The minimum atomic E-state index is -1.04. The van der Waals surface area contributed by atoms with E-state index < -0.39 is 23.9 Å². The number of carbonyl (C=O) groups excluding carboxylic acids is 3. The van der Waals surface area contributed by atoms with Crippen LogP contribution < -0.4 is 10.6 Å². The molecule has 0 bridgehead atoms. The lowest BCUT2D eigenvalue weighted by molar-refractivity contribution is -0.149. The monoisotopic (exact) mass is 380 g/mol. The van der Waals surface area contributed by atoms with Crippen molar-refractivity contribution >= 4 is 29.5 Å². The van der Waals surface area contributed by atoms with Crippen LogP contribution in [0.15, 0.2) is 60.3 Å². The minimum absolute atomic E-state index is 0.0364. The van der Waals surface area contributed by atoms with Crippen LogP contribution in [-0.4, -0.2) is 23.9 Å². The Hall–Kier alpha value is -3.41. The second-order valence-electron chi connectivity index (χ2n) is 6.24. The Morgan fingerprint density at radius 3 is 2.25 bits per heavy atom. The lowest BCUT2D eigenvalue weighted by Gasteiger charge is -2.15. The quantitative estimate of drug-likeness (QED) is 0.570. The SMILES string of the molecule is CCc1ccc(NC(=O)[C@H](C)OC(=O)/C(=C/c2ccccc2)NC(C)=O)cc1. The first-order valence-electron chi connectivity index (χ1n) is 9.04. The van der Waals surface area contributed by atoms with Gasteiger partial charge in [-0.2, -0.15) is 0 Å². The number of carbonyl (C=O) groups is 3. The Balaban J connectivity index is 2.05. The molecule has 146 valence electrons. The molecule has 0 aromatic heterocycles. The number of amides is 2. The van der Waals surface area contributed by atoms with Crippen LogP contribution in [0, 0.1) is 0 Å². The van der Waals surface area contributed by atoms with Gasteiger partial charge in [0.2, 0.25) is 5.91 Å². The number of aryl methyl sites for hydroxylation is 1. The number of esters is 1. The van der Waals surface area contributed by atoms with Gasteiger partial charge in [0.25, 0.3) is 5.91 Å². The van der Waals surface area contributed by atoms with Gasteiger partial charge in [-0.1, -0.05) is 49.4 Å². The molecule has 2 aromatic carbocycles. The highest BCUT2D eigenvalue weighted by Crippen LogP contribution is 2.12. The van der Waals surface area contributed by atoms with Gasteiger partial charge in [-0.3, -0.25) is 9.59 Å². The number of ether oxygens (including phenoxy) is 1. The van der Waals surface area contributed by atoms with E-state index in [4.69, 9.17) is 4.74 Å². The van der Waals surface area contributed by atoms with Crippen LogP contribution >= 0.6 is 0 Å². The first kappa shape index (κ1) is 20.9. The van der Waals surface area contributed by atoms with Gasteiger partial charge in [0.15, 0.2) is 6.10 Å². The molecule has 2 N–H and O–H groups in total. The van der Waals surface area contributed by atoms with E-state index in [0.717, 1.165) is 17.5 Å². The molecule has 0 saturated carbocycles. The number of anilines is 1. The normalized spacial score (nSPS) is 12.0. The molecule has 0 heterocycles. The third kappa shape index (κ3) is 6.39. The van der Waals surface area contributed by atoms with Crippen molar-refractivity contribution in [2.24, 2.45) is 0 Å². The third-order valence-electron chi connectivity index (χ3n) is 3.92. The number of rotatable bonds is 7. The average molecular weight is 380 g/mol. The Morgan fingerprint density at radius 1 is 1.04 bits per heavy atom. The Morgan fingerprint density at radius 2 is 1.68 bits per heavy atom. The second-order valence-corrected chi connectivity index (χ2v) is 6.24. The van der Waals surface area contributed by atoms with Gasteiger partial charge in [0.1, 0.15) is 5.70 Å². The highest BCUT2D eigenvalue weighted by atomic mass is 16.5. The van der Waals surface area contributed by atoms with Crippen LogP contribution in [0.2, 0.25) is 0 Å². The number of hydrogen-bond acceptors (Lipinski definition) is 4. The summed E-state index contributed by atoms with van der Waals surface area (Å²) in [6.07, 6.45) is 1.37. The summed E-state index contributed by atoms with van der Waals surface area (Å²) in [6.45, 7) is 4.81. The Kier molecular flexibility index (Phi) is 7.51. The molecular formula is C22H24N2O4. The molecule has 2 amide bonds. The van der Waals surface area contributed by atoms with Gasteiger partial charge in [-0.25, -0.2) is 4.79 Å². The predicted molar refractivity (Wildman–Crippen MR) is 108 cm³/mol. The van der Waals surface area contributed by atoms with Gasteiger partial charge < -0.3 is 15.4 Å². The van der Waals surface area contributed by atoms with Crippen LogP contribution in [-0.2, 0) is 25.5 Å². The topological polar surface area (TPSA) is 84.5 Å². The first-order chi connectivity index (χ1) is 13.4. The Bertz CT molecular complexity index is 858. The molecule has 0 radical (unpaired) electrons. The fourth-order valence-corrected chi connectivity index (χ4v) is 2.40.